The minimum atomic E-state index is -4.45. The van der Waals surface area contributed by atoms with Crippen LogP contribution in [0.25, 0.3) is 0 Å². The van der Waals surface area contributed by atoms with Gasteiger partial charge in [-0.05, 0) is 96.1 Å². The van der Waals surface area contributed by atoms with Gasteiger partial charge in [0.2, 0.25) is 35.2 Å². The van der Waals surface area contributed by atoms with Gasteiger partial charge >= 0.3 is 0 Å². The lowest BCUT2D eigenvalue weighted by Gasteiger charge is -2.25. The molecule has 0 radical (unpaired) electrons. The average molecular weight is 1140 g/mol. The van der Waals surface area contributed by atoms with Gasteiger partial charge in [0.25, 0.3) is 10.1 Å². The Hall–Kier alpha value is -6.85. The molecule has 80 heavy (non-hydrogen) atoms. The quantitative estimate of drug-likeness (QED) is 0.00995. The molecule has 1 saturated heterocycles. The highest BCUT2D eigenvalue weighted by molar-refractivity contribution is 8.00. The highest BCUT2D eigenvalue weighted by Gasteiger charge is 2.45. The van der Waals surface area contributed by atoms with E-state index in [1.807, 2.05) is 38.2 Å². The van der Waals surface area contributed by atoms with E-state index in [0.29, 0.717) is 51.6 Å². The normalized spacial score (nSPS) is 18.1. The SMILES string of the molecule is CCN1C(=CC=CC=CC2=[N+](CCCCCC(=O)NCCN3C(=O)CC(SC[C@@H](CC(=O)[C@@H](CCCN=C(N)N)NC(=O)[C@H](C)CCCN=C(N)N)C(N)=O)C3=O)c3ccc(S(=O)(=O)O)cc3C2(C)C)C(C)(C)c2cc(C)ccc21. The third-order valence-corrected chi connectivity index (χ3v) is 17.2. The monoisotopic (exact) mass is 1140 g/mol. The largest absolute Gasteiger partial charge is 0.370 e. The Kier molecular flexibility index (Phi) is 22.8. The second-order valence-corrected chi connectivity index (χ2v) is 24.4. The molecule has 436 valence electrons. The molecule has 0 aliphatic carbocycles. The fraction of sp³-hybridized carbons (Fsp3) is 0.526. The molecule has 0 saturated carbocycles. The number of aliphatic imine (C=N–C) groups is 2. The van der Waals surface area contributed by atoms with Gasteiger partial charge in [-0.15, -0.1) is 11.8 Å². The Balaban J connectivity index is 1.12. The average Bonchev–Trinajstić information content (AvgIpc) is 4.13. The van der Waals surface area contributed by atoms with Gasteiger partial charge in [0.1, 0.15) is 6.54 Å². The van der Waals surface area contributed by atoms with Crippen LogP contribution < -0.4 is 44.2 Å². The molecule has 23 heteroatoms. The first-order valence-electron chi connectivity index (χ1n) is 27.4. The van der Waals surface area contributed by atoms with Crippen molar-refractivity contribution in [3.8, 4) is 0 Å². The molecule has 2 aromatic carbocycles. The molecule has 1 fully saturated rings. The number of hydrogen-bond acceptors (Lipinski definition) is 12. The first-order valence-corrected chi connectivity index (χ1v) is 29.8. The number of unbranched alkanes of at least 4 members (excludes halogenated alkanes) is 2. The third-order valence-electron chi connectivity index (χ3n) is 14.9. The molecule has 3 aliphatic rings. The standard InChI is InChI=1S/C57H82N12O9S2/c1-8-67-43-24-22-36(2)31-40(43)56(4,5)47(67)19-11-9-12-20-48-57(6,7)41-33-39(80(76,77)78)23-25-44(41)68(48)29-14-10-13-21-49(71)63-28-30-69-50(72)34-46(53(69)75)79-35-38(51(58)73)32-45(70)42(18-16-27-65-55(61)62)66-52(74)37(3)17-15-26-64-54(59)60/h9,11-12,19-20,22-25,31,33,37-38,42,46H,8,10,13-18,21,26-30,32,34-35H2,1-7H3,(H12-,58,59,60,61,62,63,64,65,66,71,73,74,76,77,78)/p+1/t37-,38-,42-,46?/m1/s1. The number of allylic oxidation sites excluding steroid dienone is 6. The number of likely N-dealkylation sites (N-methyl/N-ethyl adjacent to an activating group) is 1. The Labute approximate surface area is 475 Å². The van der Waals surface area contributed by atoms with E-state index in [2.05, 4.69) is 82.1 Å². The highest BCUT2D eigenvalue weighted by atomic mass is 32.2. The highest BCUT2D eigenvalue weighted by Crippen LogP contribution is 2.48. The number of nitrogens with zero attached hydrogens (tertiary/aromatic N) is 5. The zero-order valence-corrected chi connectivity index (χ0v) is 49.0. The molecular weight excluding hydrogens is 1060 g/mol. The summed E-state index contributed by atoms with van der Waals surface area (Å²) in [6, 6.07) is 10.3. The van der Waals surface area contributed by atoms with E-state index in [-0.39, 0.29) is 85.1 Å². The van der Waals surface area contributed by atoms with Crippen LogP contribution in [0, 0.1) is 18.8 Å². The number of carbonyl (C=O) groups is 6. The topological polar surface area (TPSA) is 345 Å². The van der Waals surface area contributed by atoms with Gasteiger partial charge in [0.15, 0.2) is 23.4 Å². The number of guanidine groups is 2. The lowest BCUT2D eigenvalue weighted by molar-refractivity contribution is -0.438. The Morgan fingerprint density at radius 2 is 1.56 bits per heavy atom. The number of imide groups is 1. The number of carbonyl (C=O) groups excluding carboxylic acids is 6. The summed E-state index contributed by atoms with van der Waals surface area (Å²) in [7, 11) is -4.45. The first-order chi connectivity index (χ1) is 37.7. The van der Waals surface area contributed by atoms with E-state index in [1.54, 1.807) is 13.0 Å². The summed E-state index contributed by atoms with van der Waals surface area (Å²) < 4.78 is 36.5. The number of Topliss-reactive ketones (excluding diaryl/α,β-unsaturated/α-hetero) is 1. The second kappa shape index (κ2) is 28.5. The Bertz CT molecular complexity index is 2940. The van der Waals surface area contributed by atoms with Crippen molar-refractivity contribution < 1.29 is 46.3 Å². The number of ketones is 1. The van der Waals surface area contributed by atoms with Crippen LogP contribution >= 0.6 is 11.8 Å². The molecule has 3 heterocycles. The zero-order chi connectivity index (χ0) is 59.1. The van der Waals surface area contributed by atoms with Crippen molar-refractivity contribution in [1.29, 1.82) is 0 Å². The maximum atomic E-state index is 13.7. The second-order valence-electron chi connectivity index (χ2n) is 21.7. The number of aryl methyl sites for hydroxylation is 1. The molecule has 13 N–H and O–H groups in total. The van der Waals surface area contributed by atoms with Crippen molar-refractivity contribution in [1.82, 2.24) is 15.5 Å². The molecule has 1 unspecified atom stereocenters. The molecule has 5 rings (SSSR count). The first kappa shape index (κ1) is 64.0. The maximum Gasteiger partial charge on any atom is 0.294 e. The molecule has 0 spiro atoms. The number of anilines is 1. The summed E-state index contributed by atoms with van der Waals surface area (Å²) >= 11 is 1.05. The molecule has 5 amide bonds. The van der Waals surface area contributed by atoms with Crippen molar-refractivity contribution in [2.75, 3.05) is 49.9 Å². The van der Waals surface area contributed by atoms with E-state index in [1.165, 1.54) is 34.6 Å². The molecule has 3 aliphatic heterocycles. The molecule has 0 aromatic heterocycles. The van der Waals surface area contributed by atoms with Gasteiger partial charge in [0.05, 0.1) is 27.5 Å². The van der Waals surface area contributed by atoms with Crippen molar-refractivity contribution in [3.05, 3.63) is 89.2 Å². The summed E-state index contributed by atoms with van der Waals surface area (Å²) in [6.07, 6.45) is 13.4. The fourth-order valence-corrected chi connectivity index (χ4v) is 12.2. The van der Waals surface area contributed by atoms with E-state index >= 15 is 0 Å². The van der Waals surface area contributed by atoms with Gasteiger partial charge in [-0.1, -0.05) is 56.7 Å². The number of hydrogen-bond donors (Lipinski definition) is 8. The third kappa shape index (κ3) is 16.9. The number of likely N-dealkylation sites (tertiary alicyclic amines) is 1. The smallest absolute Gasteiger partial charge is 0.294 e. The van der Waals surface area contributed by atoms with Gasteiger partial charge in [-0.3, -0.25) is 48.2 Å². The minimum absolute atomic E-state index is 0.0266. The lowest BCUT2D eigenvalue weighted by atomic mass is 9.81. The summed E-state index contributed by atoms with van der Waals surface area (Å²) in [6.45, 7) is 16.4. The van der Waals surface area contributed by atoms with E-state index in [9.17, 15) is 41.7 Å². The predicted molar refractivity (Wildman–Crippen MR) is 315 cm³/mol. The summed E-state index contributed by atoms with van der Waals surface area (Å²) in [5.74, 6) is -4.40. The number of thioether (sulfide) groups is 1. The van der Waals surface area contributed by atoms with Crippen LogP contribution in [0.3, 0.4) is 0 Å². The van der Waals surface area contributed by atoms with Crippen molar-refractivity contribution >= 4 is 86.2 Å². The number of primary amides is 1. The summed E-state index contributed by atoms with van der Waals surface area (Å²) in [5, 5.41) is 4.78. The Morgan fingerprint density at radius 1 is 0.875 bits per heavy atom. The van der Waals surface area contributed by atoms with Crippen LogP contribution in [0.1, 0.15) is 122 Å². The van der Waals surface area contributed by atoms with Crippen LogP contribution in [-0.2, 0) is 49.7 Å². The van der Waals surface area contributed by atoms with Gasteiger partial charge < -0.3 is 44.2 Å². The van der Waals surface area contributed by atoms with Gasteiger partial charge in [0, 0.05) is 105 Å². The molecule has 0 bridgehead atoms. The van der Waals surface area contributed by atoms with Crippen LogP contribution in [0.15, 0.2) is 87.4 Å². The fourth-order valence-electron chi connectivity index (χ4n) is 10.4. The molecular formula is C57H83N12O9S2+. The number of nitrogens with two attached hydrogens (primary N) is 5. The van der Waals surface area contributed by atoms with Crippen molar-refractivity contribution in [2.45, 2.75) is 140 Å². The zero-order valence-electron chi connectivity index (χ0n) is 47.3. The molecule has 2 aromatic rings. The van der Waals surface area contributed by atoms with Gasteiger partial charge in [-0.2, -0.15) is 13.0 Å². The number of amides is 5. The predicted octanol–water partition coefficient (Wildman–Crippen LogP) is 4.26. The van der Waals surface area contributed by atoms with Crippen molar-refractivity contribution in [2.24, 2.45) is 50.5 Å². The molecule has 4 atom stereocenters. The summed E-state index contributed by atoms with van der Waals surface area (Å²) in [4.78, 5) is 90.0. The molecule has 21 nitrogen and oxygen atoms in total. The Morgan fingerprint density at radius 3 is 2.21 bits per heavy atom. The van der Waals surface area contributed by atoms with Crippen LogP contribution in [0.2, 0.25) is 0 Å². The van der Waals surface area contributed by atoms with Gasteiger partial charge in [-0.25, -0.2) is 0 Å². The van der Waals surface area contributed by atoms with E-state index in [0.717, 1.165) is 40.2 Å². The van der Waals surface area contributed by atoms with E-state index < -0.39 is 62.2 Å². The van der Waals surface area contributed by atoms with Crippen molar-refractivity contribution in [3.63, 3.8) is 0 Å². The minimum Gasteiger partial charge on any atom is -0.370 e. The maximum absolute atomic E-state index is 13.7. The summed E-state index contributed by atoms with van der Waals surface area (Å²) in [5.41, 5.74) is 34.1. The van der Waals surface area contributed by atoms with Crippen LogP contribution in [0.5, 0.6) is 0 Å². The lowest BCUT2D eigenvalue weighted by Crippen LogP contribution is -2.45. The van der Waals surface area contributed by atoms with Crippen LogP contribution in [-0.4, -0.2) is 132 Å². The number of rotatable bonds is 31. The number of fused-ring (bicyclic) bond motifs is 2. The number of nitrogens with one attached hydrogen (secondary N) is 2. The van der Waals surface area contributed by atoms with Crippen LogP contribution in [0.4, 0.5) is 11.4 Å². The van der Waals surface area contributed by atoms with E-state index in [4.69, 9.17) is 28.7 Å². The number of benzene rings is 2.